The molecule has 1 aliphatic rings. The van der Waals surface area contributed by atoms with Crippen molar-refractivity contribution < 1.29 is 9.59 Å². The Balaban J connectivity index is 2.06. The zero-order chi connectivity index (χ0) is 15.3. The van der Waals surface area contributed by atoms with Crippen LogP contribution in [-0.4, -0.2) is 26.5 Å². The fourth-order valence-electron chi connectivity index (χ4n) is 2.85. The standard InChI is InChI=1S/C15H16N4O2/c1-8-11(7-18(3)17-8)9(2)19-14(20)10-5-4-6-12(16)13(10)15(19)21/h4-7,9H,16H2,1-3H3. The molecule has 0 aliphatic carbocycles. The van der Waals surface area contributed by atoms with E-state index in [-0.39, 0.29) is 17.9 Å². The van der Waals surface area contributed by atoms with Gasteiger partial charge >= 0.3 is 0 Å². The molecule has 21 heavy (non-hydrogen) atoms. The van der Waals surface area contributed by atoms with Crippen LogP contribution in [0.25, 0.3) is 0 Å². The predicted molar refractivity (Wildman–Crippen MR) is 77.7 cm³/mol. The van der Waals surface area contributed by atoms with Crippen LogP contribution in [-0.2, 0) is 7.05 Å². The highest BCUT2D eigenvalue weighted by Crippen LogP contribution is 2.34. The van der Waals surface area contributed by atoms with Gasteiger partial charge in [0, 0.05) is 24.5 Å². The number of benzene rings is 1. The van der Waals surface area contributed by atoms with Crippen LogP contribution in [0.4, 0.5) is 5.69 Å². The highest BCUT2D eigenvalue weighted by atomic mass is 16.2. The number of anilines is 1. The van der Waals surface area contributed by atoms with E-state index in [9.17, 15) is 9.59 Å². The third-order valence-electron chi connectivity index (χ3n) is 3.87. The maximum atomic E-state index is 12.6. The number of hydrogen-bond acceptors (Lipinski definition) is 4. The Hall–Kier alpha value is -2.63. The maximum Gasteiger partial charge on any atom is 0.264 e. The van der Waals surface area contributed by atoms with Crippen molar-refractivity contribution in [1.82, 2.24) is 14.7 Å². The lowest BCUT2D eigenvalue weighted by Crippen LogP contribution is -2.32. The minimum absolute atomic E-state index is 0.302. The molecule has 3 rings (SSSR count). The van der Waals surface area contributed by atoms with Gasteiger partial charge in [-0.3, -0.25) is 19.2 Å². The quantitative estimate of drug-likeness (QED) is 0.672. The average Bonchev–Trinajstić information content (AvgIpc) is 2.88. The molecule has 0 bridgehead atoms. The summed E-state index contributed by atoms with van der Waals surface area (Å²) in [7, 11) is 1.81. The zero-order valence-corrected chi connectivity index (χ0v) is 12.1. The summed E-state index contributed by atoms with van der Waals surface area (Å²) in [6, 6.07) is 4.57. The predicted octanol–water partition coefficient (Wildman–Crippen LogP) is 1.67. The van der Waals surface area contributed by atoms with Gasteiger partial charge in [-0.1, -0.05) is 6.07 Å². The zero-order valence-electron chi connectivity index (χ0n) is 12.1. The number of amides is 2. The normalized spacial score (nSPS) is 15.5. The summed E-state index contributed by atoms with van der Waals surface area (Å²) >= 11 is 0. The number of aromatic nitrogens is 2. The van der Waals surface area contributed by atoms with E-state index in [1.54, 1.807) is 22.9 Å². The van der Waals surface area contributed by atoms with E-state index < -0.39 is 0 Å². The lowest BCUT2D eigenvalue weighted by molar-refractivity contribution is 0.0595. The van der Waals surface area contributed by atoms with Crippen molar-refractivity contribution in [2.45, 2.75) is 19.9 Å². The number of nitrogen functional groups attached to an aromatic ring is 1. The molecule has 2 N–H and O–H groups in total. The molecule has 108 valence electrons. The fraction of sp³-hybridized carbons (Fsp3) is 0.267. The SMILES string of the molecule is Cc1nn(C)cc1C(C)N1C(=O)c2cccc(N)c2C1=O. The molecule has 2 amide bonds. The van der Waals surface area contributed by atoms with Crippen molar-refractivity contribution in [3.05, 3.63) is 46.8 Å². The monoisotopic (exact) mass is 284 g/mol. The van der Waals surface area contributed by atoms with Crippen LogP contribution in [0.2, 0.25) is 0 Å². The number of carbonyl (C=O) groups excluding carboxylic acids is 2. The molecule has 1 aromatic heterocycles. The third kappa shape index (κ3) is 1.83. The molecule has 0 spiro atoms. The van der Waals surface area contributed by atoms with Crippen molar-refractivity contribution in [1.29, 1.82) is 0 Å². The minimum atomic E-state index is -0.384. The highest BCUT2D eigenvalue weighted by molar-refractivity contribution is 6.23. The summed E-state index contributed by atoms with van der Waals surface area (Å²) in [6.07, 6.45) is 1.83. The molecular formula is C15H16N4O2. The number of imide groups is 1. The molecule has 6 nitrogen and oxygen atoms in total. The van der Waals surface area contributed by atoms with Crippen LogP contribution in [0.5, 0.6) is 0 Å². The van der Waals surface area contributed by atoms with Gasteiger partial charge in [-0.15, -0.1) is 0 Å². The molecular weight excluding hydrogens is 268 g/mol. The van der Waals surface area contributed by atoms with Gasteiger partial charge in [-0.05, 0) is 26.0 Å². The molecule has 2 aromatic rings. The Kier molecular flexibility index (Phi) is 2.83. The summed E-state index contributed by atoms with van der Waals surface area (Å²) in [5.41, 5.74) is 8.50. The number of nitrogens with zero attached hydrogens (tertiary/aromatic N) is 3. The molecule has 0 saturated carbocycles. The summed E-state index contributed by atoms with van der Waals surface area (Å²) < 4.78 is 1.67. The Morgan fingerprint density at radius 1 is 1.24 bits per heavy atom. The van der Waals surface area contributed by atoms with E-state index in [4.69, 9.17) is 5.73 Å². The third-order valence-corrected chi connectivity index (χ3v) is 3.87. The van der Waals surface area contributed by atoms with Crippen molar-refractivity contribution in [2.75, 3.05) is 5.73 Å². The molecule has 6 heteroatoms. The van der Waals surface area contributed by atoms with Gasteiger partial charge < -0.3 is 5.73 Å². The van der Waals surface area contributed by atoms with Gasteiger partial charge in [-0.25, -0.2) is 0 Å². The first-order valence-corrected chi connectivity index (χ1v) is 6.68. The maximum absolute atomic E-state index is 12.6. The van der Waals surface area contributed by atoms with E-state index in [2.05, 4.69) is 5.10 Å². The van der Waals surface area contributed by atoms with Gasteiger partial charge in [0.15, 0.2) is 0 Å². The molecule has 2 heterocycles. The van der Waals surface area contributed by atoms with Crippen LogP contribution >= 0.6 is 0 Å². The Labute approximate surface area is 122 Å². The van der Waals surface area contributed by atoms with Crippen LogP contribution in [0.3, 0.4) is 0 Å². The van der Waals surface area contributed by atoms with Gasteiger partial charge in [-0.2, -0.15) is 5.10 Å². The van der Waals surface area contributed by atoms with Gasteiger partial charge in [0.1, 0.15) is 0 Å². The largest absolute Gasteiger partial charge is 0.398 e. The van der Waals surface area contributed by atoms with Crippen LogP contribution in [0, 0.1) is 6.92 Å². The topological polar surface area (TPSA) is 81.2 Å². The minimum Gasteiger partial charge on any atom is -0.398 e. The second-order valence-electron chi connectivity index (χ2n) is 5.27. The molecule has 0 saturated heterocycles. The molecule has 1 unspecified atom stereocenters. The number of aryl methyl sites for hydroxylation is 2. The first-order valence-electron chi connectivity index (χ1n) is 6.68. The van der Waals surface area contributed by atoms with Crippen molar-refractivity contribution in [2.24, 2.45) is 7.05 Å². The second kappa shape index (κ2) is 4.44. The smallest absolute Gasteiger partial charge is 0.264 e. The Morgan fingerprint density at radius 3 is 2.52 bits per heavy atom. The summed E-state index contributed by atoms with van der Waals surface area (Å²) in [5, 5.41) is 4.26. The Morgan fingerprint density at radius 2 is 1.95 bits per heavy atom. The molecule has 1 atom stereocenters. The number of carbonyl (C=O) groups is 2. The number of nitrogens with two attached hydrogens (primary N) is 1. The summed E-state index contributed by atoms with van der Waals surface area (Å²) in [6.45, 7) is 3.68. The fourth-order valence-corrected chi connectivity index (χ4v) is 2.85. The van der Waals surface area contributed by atoms with Crippen LogP contribution < -0.4 is 5.73 Å². The van der Waals surface area contributed by atoms with E-state index in [0.717, 1.165) is 11.3 Å². The number of rotatable bonds is 2. The summed E-state index contributed by atoms with van der Waals surface area (Å²) in [5.74, 6) is -0.651. The van der Waals surface area contributed by atoms with Gasteiger partial charge in [0.25, 0.3) is 11.8 Å². The van der Waals surface area contributed by atoms with Gasteiger partial charge in [0.05, 0.1) is 22.9 Å². The van der Waals surface area contributed by atoms with Crippen LogP contribution in [0.15, 0.2) is 24.4 Å². The summed E-state index contributed by atoms with van der Waals surface area (Å²) in [4.78, 5) is 26.3. The van der Waals surface area contributed by atoms with Crippen LogP contribution in [0.1, 0.15) is 44.9 Å². The molecule has 0 radical (unpaired) electrons. The molecule has 1 aliphatic heterocycles. The molecule has 0 fully saturated rings. The molecule has 1 aromatic carbocycles. The highest BCUT2D eigenvalue weighted by Gasteiger charge is 2.40. The number of fused-ring (bicyclic) bond motifs is 1. The van der Waals surface area contributed by atoms with E-state index in [1.807, 2.05) is 27.1 Å². The average molecular weight is 284 g/mol. The van der Waals surface area contributed by atoms with E-state index in [0.29, 0.717) is 16.8 Å². The van der Waals surface area contributed by atoms with Crippen molar-refractivity contribution >= 4 is 17.5 Å². The lowest BCUT2D eigenvalue weighted by Gasteiger charge is -2.22. The number of hydrogen-bond donors (Lipinski definition) is 1. The van der Waals surface area contributed by atoms with E-state index >= 15 is 0 Å². The first kappa shape index (κ1) is 13.4. The van der Waals surface area contributed by atoms with Crippen molar-refractivity contribution in [3.63, 3.8) is 0 Å². The van der Waals surface area contributed by atoms with E-state index in [1.165, 1.54) is 4.90 Å². The van der Waals surface area contributed by atoms with Gasteiger partial charge in [0.2, 0.25) is 0 Å². The first-order chi connectivity index (χ1) is 9.91. The Bertz CT molecular complexity index is 763. The van der Waals surface area contributed by atoms with Crippen molar-refractivity contribution in [3.8, 4) is 0 Å². The second-order valence-corrected chi connectivity index (χ2v) is 5.27. The lowest BCUT2D eigenvalue weighted by atomic mass is 10.1.